The van der Waals surface area contributed by atoms with E-state index in [1.54, 1.807) is 0 Å². The zero-order chi connectivity index (χ0) is 15.7. The molecule has 4 N–H and O–H groups in total. The van der Waals surface area contributed by atoms with Gasteiger partial charge in [-0.15, -0.1) is 0 Å². The second-order valence-electron chi connectivity index (χ2n) is 4.79. The minimum Gasteiger partial charge on any atom is -0.394 e. The van der Waals surface area contributed by atoms with Gasteiger partial charge in [0.25, 0.3) is 0 Å². The zero-order valence-electron chi connectivity index (χ0n) is 12.3. The van der Waals surface area contributed by atoms with Crippen LogP contribution in [0.1, 0.15) is 13.3 Å². The number of aliphatic hydroxyl groups is 4. The molecule has 1 fully saturated rings. The van der Waals surface area contributed by atoms with E-state index in [-0.39, 0.29) is 13.2 Å². The number of hydrogen-bond donors (Lipinski definition) is 4. The van der Waals surface area contributed by atoms with Crippen molar-refractivity contribution in [1.82, 2.24) is 0 Å². The Hall–Kier alpha value is -0.320. The van der Waals surface area contributed by atoms with Crippen molar-refractivity contribution in [2.75, 3.05) is 39.6 Å². The van der Waals surface area contributed by atoms with Crippen LogP contribution in [0.25, 0.3) is 0 Å². The lowest BCUT2D eigenvalue weighted by molar-refractivity contribution is -0.302. The van der Waals surface area contributed by atoms with Crippen molar-refractivity contribution in [2.45, 2.75) is 44.1 Å². The van der Waals surface area contributed by atoms with Crippen molar-refractivity contribution >= 4 is 0 Å². The van der Waals surface area contributed by atoms with Gasteiger partial charge in [0.2, 0.25) is 0 Å². The second-order valence-corrected chi connectivity index (χ2v) is 4.79. The zero-order valence-corrected chi connectivity index (χ0v) is 12.3. The van der Waals surface area contributed by atoms with E-state index in [2.05, 4.69) is 0 Å². The molecule has 0 saturated carbocycles. The summed E-state index contributed by atoms with van der Waals surface area (Å²) in [5.41, 5.74) is 0. The van der Waals surface area contributed by atoms with Gasteiger partial charge in [-0.05, 0) is 6.42 Å². The maximum Gasteiger partial charge on any atom is 0.186 e. The van der Waals surface area contributed by atoms with Gasteiger partial charge in [0, 0.05) is 6.61 Å². The number of hydrogen-bond acceptors (Lipinski definition) is 8. The average Bonchev–Trinajstić information content (AvgIpc) is 2.49. The molecule has 1 aliphatic heterocycles. The predicted molar refractivity (Wildman–Crippen MR) is 71.6 cm³/mol. The van der Waals surface area contributed by atoms with E-state index >= 15 is 0 Å². The molecular formula is C13H26O8. The fourth-order valence-electron chi connectivity index (χ4n) is 1.89. The first-order valence-electron chi connectivity index (χ1n) is 7.19. The lowest BCUT2D eigenvalue weighted by atomic mass is 9.99. The van der Waals surface area contributed by atoms with Gasteiger partial charge < -0.3 is 39.4 Å². The van der Waals surface area contributed by atoms with Gasteiger partial charge in [0.15, 0.2) is 6.29 Å². The predicted octanol–water partition coefficient (Wildman–Crippen LogP) is -1.75. The standard InChI is InChI=1S/C13H26O8/c1-2-3-18-4-5-19-6-7-20-13-12(17)11(16)10(15)9(8-14)21-13/h9-17H,2-8H2,1H3/t9-,10-,11+,12+,13+/m1/s1. The van der Waals surface area contributed by atoms with E-state index in [4.69, 9.17) is 24.1 Å². The highest BCUT2D eigenvalue weighted by atomic mass is 16.7. The smallest absolute Gasteiger partial charge is 0.186 e. The topological polar surface area (TPSA) is 118 Å². The Morgan fingerprint density at radius 1 is 0.857 bits per heavy atom. The third kappa shape index (κ3) is 6.13. The molecule has 0 aromatic heterocycles. The van der Waals surface area contributed by atoms with Crippen molar-refractivity contribution in [3.05, 3.63) is 0 Å². The second kappa shape index (κ2) is 10.4. The lowest BCUT2D eigenvalue weighted by Gasteiger charge is -2.39. The van der Waals surface area contributed by atoms with E-state index in [1.165, 1.54) is 0 Å². The molecular weight excluding hydrogens is 284 g/mol. The van der Waals surface area contributed by atoms with Crippen molar-refractivity contribution in [2.24, 2.45) is 0 Å². The van der Waals surface area contributed by atoms with E-state index in [0.29, 0.717) is 19.8 Å². The maximum absolute atomic E-state index is 9.72. The van der Waals surface area contributed by atoms with Gasteiger partial charge in [-0.25, -0.2) is 0 Å². The van der Waals surface area contributed by atoms with Crippen LogP contribution in [-0.4, -0.2) is 90.8 Å². The largest absolute Gasteiger partial charge is 0.394 e. The maximum atomic E-state index is 9.72. The fourth-order valence-corrected chi connectivity index (χ4v) is 1.89. The van der Waals surface area contributed by atoms with Crippen LogP contribution in [0.15, 0.2) is 0 Å². The SMILES string of the molecule is CCCOCCOCCO[C@H]1O[C@H](CO)[C@@H](O)[C@H](O)[C@@H]1O. The molecule has 8 heteroatoms. The van der Waals surface area contributed by atoms with Crippen molar-refractivity contribution in [3.63, 3.8) is 0 Å². The van der Waals surface area contributed by atoms with Crippen molar-refractivity contribution in [3.8, 4) is 0 Å². The Morgan fingerprint density at radius 3 is 2.10 bits per heavy atom. The highest BCUT2D eigenvalue weighted by Crippen LogP contribution is 2.21. The van der Waals surface area contributed by atoms with Crippen LogP contribution < -0.4 is 0 Å². The van der Waals surface area contributed by atoms with Crippen LogP contribution in [-0.2, 0) is 18.9 Å². The van der Waals surface area contributed by atoms with Crippen molar-refractivity contribution < 1.29 is 39.4 Å². The minimum atomic E-state index is -1.43. The molecule has 0 aromatic rings. The summed E-state index contributed by atoms with van der Waals surface area (Å²) in [6.45, 7) is 3.63. The average molecular weight is 310 g/mol. The van der Waals surface area contributed by atoms with Gasteiger partial charge >= 0.3 is 0 Å². The highest BCUT2D eigenvalue weighted by molar-refractivity contribution is 4.88. The molecule has 0 aliphatic carbocycles. The molecule has 0 unspecified atom stereocenters. The monoisotopic (exact) mass is 310 g/mol. The minimum absolute atomic E-state index is 0.149. The Bertz CT molecular complexity index is 263. The van der Waals surface area contributed by atoms with E-state index in [9.17, 15) is 15.3 Å². The summed E-state index contributed by atoms with van der Waals surface area (Å²) >= 11 is 0. The van der Waals surface area contributed by atoms with Crippen LogP contribution in [0.2, 0.25) is 0 Å². The highest BCUT2D eigenvalue weighted by Gasteiger charge is 2.43. The molecule has 126 valence electrons. The molecule has 0 amide bonds. The van der Waals surface area contributed by atoms with Crippen LogP contribution in [0.4, 0.5) is 0 Å². The first-order valence-corrected chi connectivity index (χ1v) is 7.19. The van der Waals surface area contributed by atoms with Gasteiger partial charge in [-0.1, -0.05) is 6.92 Å². The van der Waals surface area contributed by atoms with Gasteiger partial charge in [0.05, 0.1) is 33.0 Å². The normalized spacial score (nSPS) is 33.3. The summed E-state index contributed by atoms with van der Waals surface area (Å²) in [7, 11) is 0. The summed E-state index contributed by atoms with van der Waals surface area (Å²) in [6.07, 6.45) is -5.30. The van der Waals surface area contributed by atoms with Gasteiger partial charge in [-0.3, -0.25) is 0 Å². The molecule has 0 bridgehead atoms. The Morgan fingerprint density at radius 2 is 1.48 bits per heavy atom. The fraction of sp³-hybridized carbons (Fsp3) is 1.00. The quantitative estimate of drug-likeness (QED) is 0.351. The molecule has 8 nitrogen and oxygen atoms in total. The molecule has 0 aromatic carbocycles. The van der Waals surface area contributed by atoms with Crippen LogP contribution in [0.3, 0.4) is 0 Å². The molecule has 0 spiro atoms. The van der Waals surface area contributed by atoms with Crippen LogP contribution in [0, 0.1) is 0 Å². The molecule has 1 heterocycles. The summed E-state index contributed by atoms with van der Waals surface area (Å²) in [4.78, 5) is 0. The molecule has 1 aliphatic rings. The summed E-state index contributed by atoms with van der Waals surface area (Å²) < 4.78 is 20.9. The third-order valence-corrected chi connectivity index (χ3v) is 3.08. The first kappa shape index (κ1) is 18.7. The Labute approximate surface area is 124 Å². The van der Waals surface area contributed by atoms with E-state index in [1.807, 2.05) is 6.92 Å². The summed E-state index contributed by atoms with van der Waals surface area (Å²) in [5.74, 6) is 0. The Kier molecular flexibility index (Phi) is 9.29. The third-order valence-electron chi connectivity index (χ3n) is 3.08. The van der Waals surface area contributed by atoms with Gasteiger partial charge in [-0.2, -0.15) is 0 Å². The first-order chi connectivity index (χ1) is 10.1. The molecule has 5 atom stereocenters. The Balaban J connectivity index is 2.16. The van der Waals surface area contributed by atoms with E-state index in [0.717, 1.165) is 6.42 Å². The summed E-state index contributed by atoms with van der Waals surface area (Å²) in [5, 5.41) is 37.9. The van der Waals surface area contributed by atoms with E-state index < -0.39 is 37.3 Å². The number of ether oxygens (including phenoxy) is 4. The van der Waals surface area contributed by atoms with Crippen LogP contribution in [0.5, 0.6) is 0 Å². The molecule has 21 heavy (non-hydrogen) atoms. The summed E-state index contributed by atoms with van der Waals surface area (Å²) in [6, 6.07) is 0. The van der Waals surface area contributed by atoms with Gasteiger partial charge in [0.1, 0.15) is 24.4 Å². The molecule has 0 radical (unpaired) electrons. The number of aliphatic hydroxyl groups excluding tert-OH is 4. The van der Waals surface area contributed by atoms with Crippen LogP contribution >= 0.6 is 0 Å². The molecule has 1 rings (SSSR count). The lowest BCUT2D eigenvalue weighted by Crippen LogP contribution is -2.59. The molecule has 1 saturated heterocycles. The number of rotatable bonds is 10. The van der Waals surface area contributed by atoms with Crippen molar-refractivity contribution in [1.29, 1.82) is 0 Å².